The third-order valence-electron chi connectivity index (χ3n) is 6.84. The summed E-state index contributed by atoms with van der Waals surface area (Å²) in [6, 6.07) is 1.31. The van der Waals surface area contributed by atoms with Crippen LogP contribution in [0.4, 0.5) is 10.1 Å². The molecule has 2 aliphatic heterocycles. The van der Waals surface area contributed by atoms with E-state index in [4.69, 9.17) is 4.74 Å². The van der Waals surface area contributed by atoms with Gasteiger partial charge in [0.25, 0.3) is 0 Å². The van der Waals surface area contributed by atoms with Crippen molar-refractivity contribution in [3.05, 3.63) is 52.0 Å². The maximum absolute atomic E-state index is 14.2. The molecular formula is C27H34FN3O5S. The number of aromatic nitrogens is 1. The van der Waals surface area contributed by atoms with Gasteiger partial charge in [0.1, 0.15) is 5.82 Å². The lowest BCUT2D eigenvalue weighted by molar-refractivity contribution is -0.160. The van der Waals surface area contributed by atoms with E-state index in [1.807, 2.05) is 14.0 Å². The topological polar surface area (TPSA) is 100 Å². The lowest BCUT2D eigenvalue weighted by atomic mass is 9.80. The molecule has 0 aliphatic carbocycles. The van der Waals surface area contributed by atoms with Gasteiger partial charge in [0.05, 0.1) is 36.0 Å². The van der Waals surface area contributed by atoms with Crippen molar-refractivity contribution in [1.82, 2.24) is 9.88 Å². The third-order valence-corrected chi connectivity index (χ3v) is 7.95. The average Bonchev–Trinajstić information content (AvgIpc) is 2.78. The summed E-state index contributed by atoms with van der Waals surface area (Å²) in [5, 5.41) is 10.3. The minimum Gasteiger partial charge on any atom is -0.479 e. The summed E-state index contributed by atoms with van der Waals surface area (Å²) in [5.41, 5.74) is 4.45. The number of rotatable bonds is 5. The van der Waals surface area contributed by atoms with Crippen LogP contribution in [0.1, 0.15) is 61.1 Å². The van der Waals surface area contributed by atoms with E-state index in [0.717, 1.165) is 30.1 Å². The Labute approximate surface area is 217 Å². The highest BCUT2D eigenvalue weighted by Gasteiger charge is 2.39. The maximum atomic E-state index is 14.2. The Morgan fingerprint density at radius 2 is 1.89 bits per heavy atom. The van der Waals surface area contributed by atoms with E-state index in [-0.39, 0.29) is 6.54 Å². The molecule has 8 nitrogen and oxygen atoms in total. The molecule has 1 N–H and O–H groups in total. The van der Waals surface area contributed by atoms with Crippen LogP contribution < -0.4 is 4.31 Å². The van der Waals surface area contributed by atoms with Crippen LogP contribution >= 0.6 is 0 Å². The summed E-state index contributed by atoms with van der Waals surface area (Å²) in [4.78, 5) is 19.2. The van der Waals surface area contributed by atoms with Crippen LogP contribution in [-0.4, -0.2) is 61.4 Å². The zero-order valence-electron chi connectivity index (χ0n) is 22.3. The smallest absolute Gasteiger partial charge is 0.337 e. The highest BCUT2D eigenvalue weighted by atomic mass is 32.2. The van der Waals surface area contributed by atoms with Crippen molar-refractivity contribution in [1.29, 1.82) is 0 Å². The van der Waals surface area contributed by atoms with Gasteiger partial charge in [-0.05, 0) is 76.4 Å². The number of hydrogen-bond acceptors (Lipinski definition) is 6. The molecule has 0 saturated carbocycles. The number of halogens is 1. The predicted octanol–water partition coefficient (Wildman–Crippen LogP) is 4.44. The van der Waals surface area contributed by atoms with Crippen molar-refractivity contribution in [3.8, 4) is 11.3 Å². The van der Waals surface area contributed by atoms with Crippen LogP contribution in [0.3, 0.4) is 0 Å². The Hall–Kier alpha value is -2.82. The molecule has 3 heterocycles. The van der Waals surface area contributed by atoms with E-state index in [1.165, 1.54) is 10.4 Å². The fourth-order valence-corrected chi connectivity index (χ4v) is 6.21. The Morgan fingerprint density at radius 3 is 2.43 bits per heavy atom. The summed E-state index contributed by atoms with van der Waals surface area (Å²) in [7, 11) is -1.79. The Bertz CT molecular complexity index is 1410. The van der Waals surface area contributed by atoms with Gasteiger partial charge in [-0.15, -0.1) is 0 Å². The molecule has 1 atom stereocenters. The first-order valence-electron chi connectivity index (χ1n) is 12.2. The van der Waals surface area contributed by atoms with E-state index in [0.29, 0.717) is 52.2 Å². The number of carbonyl (C=O) groups is 1. The molecule has 37 heavy (non-hydrogen) atoms. The van der Waals surface area contributed by atoms with Crippen LogP contribution in [-0.2, 0) is 26.1 Å². The normalized spacial score (nSPS) is 17.2. The Balaban J connectivity index is 2.16. The number of likely N-dealkylation sites (N-methyl/N-ethyl adjacent to an activating group) is 1. The molecule has 2 aromatic rings. The maximum Gasteiger partial charge on any atom is 0.337 e. The number of nitrogens with zero attached hydrogens (tertiary/aromatic N) is 3. The number of ether oxygens (including phenoxy) is 1. The first-order chi connectivity index (χ1) is 17.1. The quantitative estimate of drug-likeness (QED) is 0.609. The van der Waals surface area contributed by atoms with Crippen molar-refractivity contribution in [2.45, 2.75) is 59.3 Å². The number of hydrogen-bond donors (Lipinski definition) is 1. The SMILES string of the molecule is Cc1c(C2=CCN(C)CC2)c([C@H](OC(C)(C)C)C(=O)O)c(C)c2c1-c1ncc(F)cc1CN2S(C)(=O)=O. The molecule has 0 spiro atoms. The first-order valence-corrected chi connectivity index (χ1v) is 14.0. The summed E-state index contributed by atoms with van der Waals surface area (Å²) in [6.45, 7) is 10.3. The molecule has 0 radical (unpaired) electrons. The molecule has 0 bridgehead atoms. The van der Waals surface area contributed by atoms with Crippen molar-refractivity contribution in [3.63, 3.8) is 0 Å². The first kappa shape index (κ1) is 27.2. The lowest BCUT2D eigenvalue weighted by Crippen LogP contribution is -2.35. The van der Waals surface area contributed by atoms with Gasteiger partial charge in [-0.1, -0.05) is 6.08 Å². The molecule has 0 fully saturated rings. The van der Waals surface area contributed by atoms with Gasteiger partial charge >= 0.3 is 5.97 Å². The summed E-state index contributed by atoms with van der Waals surface area (Å²) in [6.07, 6.45) is 3.65. The molecule has 1 aromatic carbocycles. The van der Waals surface area contributed by atoms with Gasteiger partial charge in [-0.25, -0.2) is 17.6 Å². The molecule has 200 valence electrons. The summed E-state index contributed by atoms with van der Waals surface area (Å²) >= 11 is 0. The molecular weight excluding hydrogens is 497 g/mol. The second-order valence-corrected chi connectivity index (χ2v) is 12.8. The highest BCUT2D eigenvalue weighted by molar-refractivity contribution is 7.92. The third kappa shape index (κ3) is 5.15. The van der Waals surface area contributed by atoms with Gasteiger partial charge in [0.2, 0.25) is 10.0 Å². The van der Waals surface area contributed by atoms with E-state index >= 15 is 0 Å². The molecule has 0 saturated heterocycles. The largest absolute Gasteiger partial charge is 0.479 e. The molecule has 1 aromatic heterocycles. The van der Waals surface area contributed by atoms with Gasteiger partial charge in [0, 0.05) is 29.8 Å². The Morgan fingerprint density at radius 1 is 1.22 bits per heavy atom. The number of aliphatic carboxylic acids is 1. The van der Waals surface area contributed by atoms with Crippen molar-refractivity contribution in [2.75, 3.05) is 30.7 Å². The average molecular weight is 532 g/mol. The fourth-order valence-electron chi connectivity index (χ4n) is 5.28. The van der Waals surface area contributed by atoms with Gasteiger partial charge < -0.3 is 14.7 Å². The number of anilines is 1. The lowest BCUT2D eigenvalue weighted by Gasteiger charge is -2.37. The van der Waals surface area contributed by atoms with Crippen LogP contribution in [0, 0.1) is 19.7 Å². The van der Waals surface area contributed by atoms with E-state index in [9.17, 15) is 22.7 Å². The minimum atomic E-state index is -3.80. The number of carboxylic acid groups (broad SMARTS) is 1. The second-order valence-electron chi connectivity index (χ2n) is 10.9. The van der Waals surface area contributed by atoms with Gasteiger partial charge in [0.15, 0.2) is 6.10 Å². The van der Waals surface area contributed by atoms with Gasteiger partial charge in [-0.2, -0.15) is 0 Å². The zero-order valence-corrected chi connectivity index (χ0v) is 23.2. The minimum absolute atomic E-state index is 0.101. The number of fused-ring (bicyclic) bond motifs is 3. The van der Waals surface area contributed by atoms with E-state index in [2.05, 4.69) is 16.0 Å². The van der Waals surface area contributed by atoms with Gasteiger partial charge in [-0.3, -0.25) is 9.29 Å². The van der Waals surface area contributed by atoms with Crippen molar-refractivity contribution in [2.24, 2.45) is 0 Å². The highest BCUT2D eigenvalue weighted by Crippen LogP contribution is 2.50. The second kappa shape index (κ2) is 9.49. The molecule has 4 rings (SSSR count). The monoisotopic (exact) mass is 531 g/mol. The molecule has 2 aliphatic rings. The Kier molecular flexibility index (Phi) is 6.98. The van der Waals surface area contributed by atoms with E-state index in [1.54, 1.807) is 27.7 Å². The van der Waals surface area contributed by atoms with Crippen LogP contribution in [0.25, 0.3) is 16.8 Å². The number of pyridine rings is 1. The zero-order chi connectivity index (χ0) is 27.4. The van der Waals surface area contributed by atoms with Crippen LogP contribution in [0.2, 0.25) is 0 Å². The predicted molar refractivity (Wildman–Crippen MR) is 141 cm³/mol. The van der Waals surface area contributed by atoms with E-state index < -0.39 is 33.5 Å². The number of sulfonamides is 1. The molecule has 10 heteroatoms. The van der Waals surface area contributed by atoms with Crippen LogP contribution in [0.15, 0.2) is 18.3 Å². The molecule has 0 amide bonds. The standard InChI is InChI=1S/C27H34FN3O5S/c1-15-20(17-8-10-30(6)11-9-17)21(25(26(32)33)36-27(3,4)5)16(2)24-22(15)23-18(12-19(28)13-29-23)14-31(24)37(7,34)35/h8,12-13,25H,9-11,14H2,1-7H3,(H,32,33)/t25-/m0/s1. The van der Waals surface area contributed by atoms with Crippen LogP contribution in [0.5, 0.6) is 0 Å². The summed E-state index contributed by atoms with van der Waals surface area (Å²) < 4.78 is 47.5. The summed E-state index contributed by atoms with van der Waals surface area (Å²) in [5.74, 6) is -1.71. The van der Waals surface area contributed by atoms with Crippen molar-refractivity contribution < 1.29 is 27.4 Å². The van der Waals surface area contributed by atoms with Crippen molar-refractivity contribution >= 4 is 27.3 Å². The molecule has 0 unspecified atom stereocenters. The number of benzene rings is 1. The number of carboxylic acids is 1. The fraction of sp³-hybridized carbons (Fsp3) is 0.481.